The predicted molar refractivity (Wildman–Crippen MR) is 82.1 cm³/mol. The van der Waals surface area contributed by atoms with Gasteiger partial charge in [0.25, 0.3) is 0 Å². The first-order valence-corrected chi connectivity index (χ1v) is 7.83. The molecule has 2 aliphatic rings. The van der Waals surface area contributed by atoms with Gasteiger partial charge in [-0.15, -0.1) is 0 Å². The van der Waals surface area contributed by atoms with E-state index < -0.39 is 0 Å². The fourth-order valence-electron chi connectivity index (χ4n) is 3.15. The number of nitrogens with zero attached hydrogens (tertiary/aromatic N) is 2. The Kier molecular flexibility index (Phi) is 4.31. The van der Waals surface area contributed by atoms with E-state index in [4.69, 9.17) is 9.47 Å². The summed E-state index contributed by atoms with van der Waals surface area (Å²) in [6, 6.07) is 6.77. The Bertz CT molecular complexity index is 483. The molecule has 0 amide bonds. The topological polar surface area (TPSA) is 24.9 Å². The lowest BCUT2D eigenvalue weighted by atomic mass is 10.1. The van der Waals surface area contributed by atoms with Crippen molar-refractivity contribution in [3.05, 3.63) is 28.2 Å². The smallest absolute Gasteiger partial charge is 0.124 e. The summed E-state index contributed by atoms with van der Waals surface area (Å²) >= 11 is 3.49. The van der Waals surface area contributed by atoms with Gasteiger partial charge >= 0.3 is 0 Å². The van der Waals surface area contributed by atoms with Gasteiger partial charge in [-0.1, -0.05) is 22.0 Å². The molecule has 0 unspecified atom stereocenters. The third kappa shape index (κ3) is 2.86. The van der Waals surface area contributed by atoms with E-state index in [2.05, 4.69) is 44.9 Å². The van der Waals surface area contributed by atoms with Crippen molar-refractivity contribution >= 4 is 15.9 Å². The predicted octanol–water partition coefficient (Wildman–Crippen LogP) is 1.97. The van der Waals surface area contributed by atoms with Gasteiger partial charge in [0.15, 0.2) is 0 Å². The molecule has 4 nitrogen and oxygen atoms in total. The number of halogens is 1. The second kappa shape index (κ2) is 6.02. The van der Waals surface area contributed by atoms with E-state index in [1.165, 1.54) is 5.56 Å². The van der Waals surface area contributed by atoms with Crippen LogP contribution in [-0.4, -0.2) is 62.3 Å². The molecular formula is C15H21BrN2O2. The van der Waals surface area contributed by atoms with Crippen LogP contribution in [0, 0.1) is 0 Å². The van der Waals surface area contributed by atoms with Gasteiger partial charge in [0.05, 0.1) is 19.8 Å². The molecule has 0 spiro atoms. The van der Waals surface area contributed by atoms with Crippen molar-refractivity contribution in [1.82, 2.24) is 9.80 Å². The zero-order valence-corrected chi connectivity index (χ0v) is 13.6. The summed E-state index contributed by atoms with van der Waals surface area (Å²) in [7, 11) is 3.93. The van der Waals surface area contributed by atoms with E-state index >= 15 is 0 Å². The largest absolute Gasteiger partial charge is 0.496 e. The van der Waals surface area contributed by atoms with E-state index in [1.807, 2.05) is 6.07 Å². The number of fused-ring (bicyclic) bond motifs is 1. The minimum atomic E-state index is 0.357. The number of hydrogen-bond acceptors (Lipinski definition) is 4. The molecule has 0 saturated carbocycles. The van der Waals surface area contributed by atoms with Crippen LogP contribution >= 0.6 is 15.9 Å². The van der Waals surface area contributed by atoms with Crippen molar-refractivity contribution in [1.29, 1.82) is 0 Å². The number of likely N-dealkylation sites (N-methyl/N-ethyl adjacent to an activating group) is 1. The van der Waals surface area contributed by atoms with E-state index in [0.717, 1.165) is 43.0 Å². The number of morpholine rings is 1. The normalized spacial score (nSPS) is 27.6. The average molecular weight is 341 g/mol. The van der Waals surface area contributed by atoms with Crippen LogP contribution in [0.3, 0.4) is 0 Å². The van der Waals surface area contributed by atoms with Gasteiger partial charge < -0.3 is 9.47 Å². The molecule has 110 valence electrons. The second-order valence-electron chi connectivity index (χ2n) is 5.61. The zero-order chi connectivity index (χ0) is 14.1. The van der Waals surface area contributed by atoms with Crippen LogP contribution in [0.15, 0.2) is 22.7 Å². The molecule has 3 rings (SSSR count). The van der Waals surface area contributed by atoms with Crippen molar-refractivity contribution in [2.24, 2.45) is 0 Å². The van der Waals surface area contributed by atoms with E-state index in [1.54, 1.807) is 7.11 Å². The van der Waals surface area contributed by atoms with Crippen LogP contribution in [0.4, 0.5) is 0 Å². The summed E-state index contributed by atoms with van der Waals surface area (Å²) in [5.74, 6) is 0.948. The molecule has 1 aromatic carbocycles. The van der Waals surface area contributed by atoms with Gasteiger partial charge in [-0.2, -0.15) is 0 Å². The Balaban J connectivity index is 1.70. The molecule has 0 aromatic heterocycles. The van der Waals surface area contributed by atoms with Crippen molar-refractivity contribution in [2.45, 2.75) is 18.7 Å². The molecule has 2 aliphatic heterocycles. The third-order valence-electron chi connectivity index (χ3n) is 4.30. The zero-order valence-electron chi connectivity index (χ0n) is 12.0. The number of likely N-dealkylation sites (tertiary alicyclic amines) is 1. The standard InChI is InChI=1S/C15H21BrN2O2/c1-17-5-6-20-15-10-18(9-13(15)17)8-11-3-4-12(16)7-14(11)19-2/h3-4,7,13,15H,5-6,8-10H2,1-2H3/t13-,15-/m1/s1. The fourth-order valence-corrected chi connectivity index (χ4v) is 3.49. The van der Waals surface area contributed by atoms with E-state index in [0.29, 0.717) is 12.1 Å². The van der Waals surface area contributed by atoms with Crippen molar-refractivity contribution < 1.29 is 9.47 Å². The molecule has 0 aliphatic carbocycles. The highest BCUT2D eigenvalue weighted by atomic mass is 79.9. The Morgan fingerprint density at radius 3 is 3.00 bits per heavy atom. The van der Waals surface area contributed by atoms with Gasteiger partial charge in [0.2, 0.25) is 0 Å². The molecule has 0 bridgehead atoms. The van der Waals surface area contributed by atoms with Crippen LogP contribution in [0.25, 0.3) is 0 Å². The molecule has 2 atom stereocenters. The molecule has 5 heteroatoms. The highest BCUT2D eigenvalue weighted by Crippen LogP contribution is 2.28. The SMILES string of the molecule is COc1cc(Br)ccc1CN1C[C@@H]2[C@@H](C1)OCCN2C. The van der Waals surface area contributed by atoms with Crippen LogP contribution in [0.2, 0.25) is 0 Å². The van der Waals surface area contributed by atoms with Gasteiger partial charge in [-0.3, -0.25) is 9.80 Å². The lowest BCUT2D eigenvalue weighted by Gasteiger charge is -2.33. The molecule has 0 radical (unpaired) electrons. The first-order chi connectivity index (χ1) is 9.67. The number of benzene rings is 1. The van der Waals surface area contributed by atoms with Crippen LogP contribution < -0.4 is 4.74 Å². The number of ether oxygens (including phenoxy) is 2. The van der Waals surface area contributed by atoms with Crippen molar-refractivity contribution in [3.8, 4) is 5.75 Å². The minimum absolute atomic E-state index is 0.357. The molecule has 2 saturated heterocycles. The monoisotopic (exact) mass is 340 g/mol. The van der Waals surface area contributed by atoms with Crippen LogP contribution in [0.1, 0.15) is 5.56 Å². The quantitative estimate of drug-likeness (QED) is 0.839. The maximum atomic E-state index is 5.89. The third-order valence-corrected chi connectivity index (χ3v) is 4.79. The van der Waals surface area contributed by atoms with Gasteiger partial charge in [-0.25, -0.2) is 0 Å². The van der Waals surface area contributed by atoms with Crippen LogP contribution in [-0.2, 0) is 11.3 Å². The minimum Gasteiger partial charge on any atom is -0.496 e. The Morgan fingerprint density at radius 2 is 2.25 bits per heavy atom. The average Bonchev–Trinajstić information content (AvgIpc) is 2.85. The maximum absolute atomic E-state index is 5.89. The highest BCUT2D eigenvalue weighted by molar-refractivity contribution is 9.10. The highest BCUT2D eigenvalue weighted by Gasteiger charge is 2.38. The van der Waals surface area contributed by atoms with E-state index in [9.17, 15) is 0 Å². The van der Waals surface area contributed by atoms with Crippen LogP contribution in [0.5, 0.6) is 5.75 Å². The van der Waals surface area contributed by atoms with Gasteiger partial charge in [0, 0.05) is 42.3 Å². The molecular weight excluding hydrogens is 320 g/mol. The summed E-state index contributed by atoms with van der Waals surface area (Å²) in [4.78, 5) is 4.88. The molecule has 2 heterocycles. The van der Waals surface area contributed by atoms with Crippen molar-refractivity contribution in [3.63, 3.8) is 0 Å². The van der Waals surface area contributed by atoms with Gasteiger partial charge in [-0.05, 0) is 19.2 Å². The summed E-state index contributed by atoms with van der Waals surface area (Å²) in [5, 5.41) is 0. The van der Waals surface area contributed by atoms with E-state index in [-0.39, 0.29) is 0 Å². The number of methoxy groups -OCH3 is 1. The number of rotatable bonds is 3. The first-order valence-electron chi connectivity index (χ1n) is 7.04. The lowest BCUT2D eigenvalue weighted by molar-refractivity contribution is -0.0370. The molecule has 1 aromatic rings. The lowest BCUT2D eigenvalue weighted by Crippen LogP contribution is -2.48. The summed E-state index contributed by atoms with van der Waals surface area (Å²) < 4.78 is 12.4. The molecule has 0 N–H and O–H groups in total. The Hall–Kier alpha value is -0.620. The van der Waals surface area contributed by atoms with Crippen molar-refractivity contribution in [2.75, 3.05) is 40.4 Å². The molecule has 2 fully saturated rings. The summed E-state index contributed by atoms with van der Waals surface area (Å²) in [6.45, 7) is 4.89. The first kappa shape index (κ1) is 14.3. The molecule has 20 heavy (non-hydrogen) atoms. The Labute approximate surface area is 128 Å². The maximum Gasteiger partial charge on any atom is 0.124 e. The summed E-state index contributed by atoms with van der Waals surface area (Å²) in [5.41, 5.74) is 1.23. The van der Waals surface area contributed by atoms with Gasteiger partial charge in [0.1, 0.15) is 5.75 Å². The fraction of sp³-hybridized carbons (Fsp3) is 0.600. The number of hydrogen-bond donors (Lipinski definition) is 0. The summed E-state index contributed by atoms with van der Waals surface area (Å²) in [6.07, 6.45) is 0.357. The second-order valence-corrected chi connectivity index (χ2v) is 6.52. The Morgan fingerprint density at radius 1 is 1.40 bits per heavy atom.